The molecule has 0 saturated carbocycles. The molecule has 1 atom stereocenters. The van der Waals surface area contributed by atoms with Crippen molar-refractivity contribution < 1.29 is 9.59 Å². The first kappa shape index (κ1) is 20.2. The quantitative estimate of drug-likeness (QED) is 0.610. The van der Waals surface area contributed by atoms with Gasteiger partial charge < -0.3 is 21.4 Å². The SMILES string of the molecule is CCCCNC(=O)c1cn(Cc2ccc(C(N)=O)cc2)c(=O)c2c1SC[C@@H]2N. The number of benzene rings is 1. The van der Waals surface area contributed by atoms with E-state index in [1.807, 2.05) is 0 Å². The van der Waals surface area contributed by atoms with Crippen LogP contribution in [-0.4, -0.2) is 28.7 Å². The number of hydrogen-bond acceptors (Lipinski definition) is 5. The molecule has 8 heteroatoms. The first-order chi connectivity index (χ1) is 13.4. The Morgan fingerprint density at radius 2 is 2.00 bits per heavy atom. The van der Waals surface area contributed by atoms with Crippen molar-refractivity contribution >= 4 is 23.6 Å². The number of primary amides is 1. The van der Waals surface area contributed by atoms with E-state index in [-0.39, 0.29) is 24.1 Å². The predicted molar refractivity (Wildman–Crippen MR) is 110 cm³/mol. The number of amides is 2. The number of hydrogen-bond donors (Lipinski definition) is 3. The second kappa shape index (κ2) is 8.62. The molecule has 2 aromatic rings. The van der Waals surface area contributed by atoms with Crippen molar-refractivity contribution in [1.82, 2.24) is 9.88 Å². The molecule has 7 nitrogen and oxygen atoms in total. The van der Waals surface area contributed by atoms with E-state index in [1.54, 1.807) is 30.5 Å². The molecule has 0 fully saturated rings. The van der Waals surface area contributed by atoms with Crippen LogP contribution in [0.3, 0.4) is 0 Å². The first-order valence-electron chi connectivity index (χ1n) is 9.25. The number of nitrogens with zero attached hydrogens (tertiary/aromatic N) is 1. The maximum atomic E-state index is 12.9. The van der Waals surface area contributed by atoms with Gasteiger partial charge in [-0.05, 0) is 24.1 Å². The zero-order valence-electron chi connectivity index (χ0n) is 15.7. The Hall–Kier alpha value is -2.58. The summed E-state index contributed by atoms with van der Waals surface area (Å²) >= 11 is 1.45. The third-order valence-corrected chi connectivity index (χ3v) is 5.95. The van der Waals surface area contributed by atoms with E-state index in [9.17, 15) is 14.4 Å². The number of pyridine rings is 1. The Morgan fingerprint density at radius 1 is 1.29 bits per heavy atom. The van der Waals surface area contributed by atoms with Gasteiger partial charge in [0.1, 0.15) is 0 Å². The van der Waals surface area contributed by atoms with Crippen molar-refractivity contribution in [2.75, 3.05) is 12.3 Å². The highest BCUT2D eigenvalue weighted by atomic mass is 32.2. The number of nitrogens with two attached hydrogens (primary N) is 2. The number of aromatic nitrogens is 1. The van der Waals surface area contributed by atoms with Crippen LogP contribution in [0.5, 0.6) is 0 Å². The molecule has 1 aromatic carbocycles. The lowest BCUT2D eigenvalue weighted by molar-refractivity contribution is 0.0947. The number of carbonyl (C=O) groups excluding carboxylic acids is 2. The maximum Gasteiger partial charge on any atom is 0.256 e. The second-order valence-electron chi connectivity index (χ2n) is 6.81. The van der Waals surface area contributed by atoms with Gasteiger partial charge in [-0.25, -0.2) is 0 Å². The van der Waals surface area contributed by atoms with Crippen molar-refractivity contribution in [3.8, 4) is 0 Å². The van der Waals surface area contributed by atoms with Crippen LogP contribution in [-0.2, 0) is 6.54 Å². The van der Waals surface area contributed by atoms with Crippen LogP contribution in [0, 0.1) is 0 Å². The van der Waals surface area contributed by atoms with Crippen molar-refractivity contribution in [2.24, 2.45) is 11.5 Å². The van der Waals surface area contributed by atoms with Crippen molar-refractivity contribution in [2.45, 2.75) is 37.2 Å². The lowest BCUT2D eigenvalue weighted by Gasteiger charge is -2.14. The fourth-order valence-electron chi connectivity index (χ4n) is 3.13. The van der Waals surface area contributed by atoms with Crippen LogP contribution in [0.2, 0.25) is 0 Å². The number of carbonyl (C=O) groups is 2. The number of nitrogens with one attached hydrogen (secondary N) is 1. The summed E-state index contributed by atoms with van der Waals surface area (Å²) in [6.07, 6.45) is 3.49. The molecule has 2 amide bonds. The van der Waals surface area contributed by atoms with Crippen molar-refractivity contribution in [1.29, 1.82) is 0 Å². The molecule has 1 aliphatic heterocycles. The van der Waals surface area contributed by atoms with Gasteiger partial charge in [0.25, 0.3) is 11.5 Å². The number of rotatable bonds is 7. The predicted octanol–water partition coefficient (Wildman–Crippen LogP) is 1.63. The zero-order chi connectivity index (χ0) is 20.3. The third-order valence-electron chi connectivity index (χ3n) is 4.70. The summed E-state index contributed by atoms with van der Waals surface area (Å²) < 4.78 is 1.51. The molecule has 3 rings (SSSR count). The van der Waals surface area contributed by atoms with E-state index in [1.165, 1.54) is 16.3 Å². The van der Waals surface area contributed by atoms with Gasteiger partial charge in [0.2, 0.25) is 5.91 Å². The van der Waals surface area contributed by atoms with Gasteiger partial charge in [0.15, 0.2) is 0 Å². The molecule has 1 aliphatic rings. The normalized spacial score (nSPS) is 15.3. The summed E-state index contributed by atoms with van der Waals surface area (Å²) in [5, 5.41) is 2.92. The highest BCUT2D eigenvalue weighted by Crippen LogP contribution is 2.37. The van der Waals surface area contributed by atoms with Crippen LogP contribution >= 0.6 is 11.8 Å². The smallest absolute Gasteiger partial charge is 0.256 e. The Balaban J connectivity index is 1.96. The molecule has 0 radical (unpaired) electrons. The molecule has 148 valence electrons. The maximum absolute atomic E-state index is 12.9. The molecule has 0 unspecified atom stereocenters. The van der Waals surface area contributed by atoms with Crippen molar-refractivity contribution in [3.63, 3.8) is 0 Å². The van der Waals surface area contributed by atoms with Gasteiger partial charge in [-0.15, -0.1) is 11.8 Å². The standard InChI is InChI=1S/C20H24N4O3S/c1-2-3-8-23-19(26)14-10-24(20(27)16-15(21)11-28-17(14)16)9-12-4-6-13(7-5-12)18(22)25/h4-7,10,15H,2-3,8-9,11,21H2,1H3,(H2,22,25)(H,23,26)/t15-/m0/s1. The largest absolute Gasteiger partial charge is 0.366 e. The van der Waals surface area contributed by atoms with Crippen LogP contribution in [0.1, 0.15) is 57.7 Å². The summed E-state index contributed by atoms with van der Waals surface area (Å²) in [7, 11) is 0. The average molecular weight is 401 g/mol. The Kier molecular flexibility index (Phi) is 6.21. The molecule has 0 saturated heterocycles. The highest BCUT2D eigenvalue weighted by Gasteiger charge is 2.29. The summed E-state index contributed by atoms with van der Waals surface area (Å²) in [5.41, 5.74) is 13.4. The highest BCUT2D eigenvalue weighted by molar-refractivity contribution is 7.99. The van der Waals surface area contributed by atoms with Crippen molar-refractivity contribution in [3.05, 3.63) is 63.1 Å². The Bertz CT molecular complexity index is 953. The summed E-state index contributed by atoms with van der Waals surface area (Å²) in [4.78, 5) is 37.5. The number of unbranched alkanes of at least 4 members (excludes halogenated alkanes) is 1. The molecule has 0 aliphatic carbocycles. The van der Waals surface area contributed by atoms with Gasteiger partial charge in [-0.3, -0.25) is 14.4 Å². The number of fused-ring (bicyclic) bond motifs is 1. The van der Waals surface area contributed by atoms with E-state index in [2.05, 4.69) is 12.2 Å². The van der Waals surface area contributed by atoms with Gasteiger partial charge >= 0.3 is 0 Å². The minimum Gasteiger partial charge on any atom is -0.366 e. The topological polar surface area (TPSA) is 120 Å². The van der Waals surface area contributed by atoms with Crippen LogP contribution in [0.25, 0.3) is 0 Å². The molecule has 28 heavy (non-hydrogen) atoms. The van der Waals surface area contributed by atoms with Gasteiger partial charge in [0.05, 0.1) is 12.1 Å². The molecular weight excluding hydrogens is 376 g/mol. The minimum atomic E-state index is -0.504. The van der Waals surface area contributed by atoms with Gasteiger partial charge in [-0.1, -0.05) is 25.5 Å². The molecular formula is C20H24N4O3S. The van der Waals surface area contributed by atoms with Gasteiger partial charge in [0, 0.05) is 40.6 Å². The van der Waals surface area contributed by atoms with E-state index in [4.69, 9.17) is 11.5 Å². The lowest BCUT2D eigenvalue weighted by Crippen LogP contribution is -2.32. The van der Waals surface area contributed by atoms with E-state index >= 15 is 0 Å². The van der Waals surface area contributed by atoms with E-state index in [0.717, 1.165) is 18.4 Å². The second-order valence-corrected chi connectivity index (χ2v) is 7.84. The van der Waals surface area contributed by atoms with Crippen LogP contribution < -0.4 is 22.3 Å². The monoisotopic (exact) mass is 400 g/mol. The third kappa shape index (κ3) is 4.13. The number of thioether (sulfide) groups is 1. The molecule has 1 aromatic heterocycles. The Morgan fingerprint density at radius 3 is 2.64 bits per heavy atom. The summed E-state index contributed by atoms with van der Waals surface area (Å²) in [6, 6.07) is 6.34. The molecule has 0 bridgehead atoms. The van der Waals surface area contributed by atoms with Crippen LogP contribution in [0.4, 0.5) is 0 Å². The summed E-state index contributed by atoms with van der Waals surface area (Å²) in [5.74, 6) is -0.115. The molecule has 5 N–H and O–H groups in total. The average Bonchev–Trinajstić information content (AvgIpc) is 3.06. The first-order valence-corrected chi connectivity index (χ1v) is 10.2. The van der Waals surface area contributed by atoms with Gasteiger partial charge in [-0.2, -0.15) is 0 Å². The zero-order valence-corrected chi connectivity index (χ0v) is 16.6. The summed E-state index contributed by atoms with van der Waals surface area (Å²) in [6.45, 7) is 2.93. The van der Waals surface area contributed by atoms with E-state index < -0.39 is 5.91 Å². The minimum absolute atomic E-state index is 0.184. The molecule has 0 spiro atoms. The van der Waals surface area contributed by atoms with E-state index in [0.29, 0.717) is 33.9 Å². The Labute approximate surface area is 167 Å². The lowest BCUT2D eigenvalue weighted by atomic mass is 10.1. The fourth-order valence-corrected chi connectivity index (χ4v) is 4.34. The fraction of sp³-hybridized carbons (Fsp3) is 0.350. The van der Waals surface area contributed by atoms with Crippen LogP contribution in [0.15, 0.2) is 40.2 Å². The molecule has 2 heterocycles.